The van der Waals surface area contributed by atoms with Crippen molar-refractivity contribution in [2.75, 3.05) is 23.3 Å². The molecule has 1 amide bonds. The maximum atomic E-state index is 12.7. The van der Waals surface area contributed by atoms with Crippen molar-refractivity contribution in [3.05, 3.63) is 83.4 Å². The summed E-state index contributed by atoms with van der Waals surface area (Å²) < 4.78 is 39.4. The van der Waals surface area contributed by atoms with Gasteiger partial charge in [0.1, 0.15) is 12.4 Å². The molecule has 8 heteroatoms. The lowest BCUT2D eigenvalue weighted by molar-refractivity contribution is 0.0679. The van der Waals surface area contributed by atoms with Crippen molar-refractivity contribution in [2.24, 2.45) is 0 Å². The van der Waals surface area contributed by atoms with Gasteiger partial charge >= 0.3 is 0 Å². The minimum absolute atomic E-state index is 0.109. The van der Waals surface area contributed by atoms with Crippen molar-refractivity contribution in [3.63, 3.8) is 0 Å². The summed E-state index contributed by atoms with van der Waals surface area (Å²) in [6, 6.07) is 18.4. The fourth-order valence-electron chi connectivity index (χ4n) is 3.72. The summed E-state index contributed by atoms with van der Waals surface area (Å²) in [5.74, 6) is 0.382. The fourth-order valence-corrected chi connectivity index (χ4v) is 4.85. The van der Waals surface area contributed by atoms with Gasteiger partial charge in [-0.1, -0.05) is 17.7 Å². The third kappa shape index (κ3) is 5.95. The second kappa shape index (κ2) is 10.3. The number of carbonyl (C=O) groups excluding carboxylic acids is 1. The highest BCUT2D eigenvalue weighted by Gasteiger charge is 2.17. The van der Waals surface area contributed by atoms with Crippen molar-refractivity contribution in [1.82, 2.24) is 0 Å². The third-order valence-corrected chi connectivity index (χ3v) is 7.01. The van der Waals surface area contributed by atoms with Crippen LogP contribution in [0.5, 0.6) is 5.75 Å². The quantitative estimate of drug-likeness (QED) is 0.478. The Balaban J connectivity index is 1.35. The first-order chi connectivity index (χ1) is 16.3. The number of hydrogen-bond donors (Lipinski definition) is 2. The number of sulfonamides is 1. The van der Waals surface area contributed by atoms with E-state index >= 15 is 0 Å². The molecule has 7 nitrogen and oxygen atoms in total. The number of carbonyl (C=O) groups is 1. The Kier molecular flexibility index (Phi) is 7.19. The summed E-state index contributed by atoms with van der Waals surface area (Å²) in [6.07, 6.45) is 2.19. The topological polar surface area (TPSA) is 93.7 Å². The van der Waals surface area contributed by atoms with Crippen LogP contribution < -0.4 is 14.8 Å². The van der Waals surface area contributed by atoms with E-state index in [-0.39, 0.29) is 16.9 Å². The zero-order valence-electron chi connectivity index (χ0n) is 19.2. The Morgan fingerprint density at radius 1 is 1.03 bits per heavy atom. The predicted octanol–water partition coefficient (Wildman–Crippen LogP) is 4.91. The molecule has 1 unspecified atom stereocenters. The Hall–Kier alpha value is -3.36. The van der Waals surface area contributed by atoms with Crippen molar-refractivity contribution in [3.8, 4) is 5.75 Å². The minimum Gasteiger partial charge on any atom is -0.491 e. The second-order valence-corrected chi connectivity index (χ2v) is 10.1. The number of amides is 1. The molecule has 3 aromatic rings. The highest BCUT2D eigenvalue weighted by atomic mass is 32.2. The first kappa shape index (κ1) is 23.8. The average Bonchev–Trinajstić information content (AvgIpc) is 3.34. The molecule has 178 valence electrons. The van der Waals surface area contributed by atoms with Gasteiger partial charge in [-0.2, -0.15) is 0 Å². The van der Waals surface area contributed by atoms with Gasteiger partial charge < -0.3 is 14.8 Å². The van der Waals surface area contributed by atoms with Crippen molar-refractivity contribution < 1.29 is 22.7 Å². The van der Waals surface area contributed by atoms with Gasteiger partial charge in [-0.25, -0.2) is 8.42 Å². The maximum absolute atomic E-state index is 12.7. The van der Waals surface area contributed by atoms with Gasteiger partial charge in [-0.3, -0.25) is 9.52 Å². The summed E-state index contributed by atoms with van der Waals surface area (Å²) in [6.45, 7) is 5.08. The van der Waals surface area contributed by atoms with Crippen LogP contribution in [0.15, 0.2) is 71.6 Å². The molecular weight excluding hydrogens is 452 g/mol. The zero-order chi connectivity index (χ0) is 24.1. The van der Waals surface area contributed by atoms with Crippen LogP contribution >= 0.6 is 0 Å². The molecular formula is C26H28N2O5S. The third-order valence-electron chi connectivity index (χ3n) is 5.63. The van der Waals surface area contributed by atoms with Gasteiger partial charge in [0.2, 0.25) is 0 Å². The summed E-state index contributed by atoms with van der Waals surface area (Å²) in [5.41, 5.74) is 3.40. The van der Waals surface area contributed by atoms with Gasteiger partial charge in [0.25, 0.3) is 15.9 Å². The molecule has 0 spiro atoms. The van der Waals surface area contributed by atoms with E-state index in [0.29, 0.717) is 29.3 Å². The van der Waals surface area contributed by atoms with Crippen LogP contribution in [0, 0.1) is 13.8 Å². The van der Waals surface area contributed by atoms with E-state index in [2.05, 4.69) is 10.0 Å². The maximum Gasteiger partial charge on any atom is 0.261 e. The molecule has 1 atom stereocenters. The standard InChI is InChI=1S/C26H28N2O5S/c1-18-5-14-25(19(2)16-18)28-34(30,31)24-12-8-21(9-13-24)27-26(29)20-6-10-22(11-7-20)33-17-23-4-3-15-32-23/h5-14,16,23,28H,3-4,15,17H2,1-2H3,(H,27,29). The van der Waals surface area contributed by atoms with Crippen LogP contribution in [0.4, 0.5) is 11.4 Å². The molecule has 2 N–H and O–H groups in total. The summed E-state index contributed by atoms with van der Waals surface area (Å²) in [5, 5.41) is 2.78. The molecule has 0 radical (unpaired) electrons. The van der Waals surface area contributed by atoms with Crippen molar-refractivity contribution in [2.45, 2.75) is 37.7 Å². The van der Waals surface area contributed by atoms with E-state index in [0.717, 1.165) is 30.6 Å². The molecule has 0 bridgehead atoms. The summed E-state index contributed by atoms with van der Waals surface area (Å²) in [7, 11) is -3.75. The van der Waals surface area contributed by atoms with Crippen LogP contribution in [-0.4, -0.2) is 33.6 Å². The number of nitrogens with one attached hydrogen (secondary N) is 2. The largest absolute Gasteiger partial charge is 0.491 e. The molecule has 0 aliphatic carbocycles. The predicted molar refractivity (Wildman–Crippen MR) is 132 cm³/mol. The number of ether oxygens (including phenoxy) is 2. The summed E-state index contributed by atoms with van der Waals surface area (Å²) in [4.78, 5) is 12.7. The highest BCUT2D eigenvalue weighted by Crippen LogP contribution is 2.22. The molecule has 1 fully saturated rings. The lowest BCUT2D eigenvalue weighted by Gasteiger charge is -2.12. The molecule has 3 aromatic carbocycles. The SMILES string of the molecule is Cc1ccc(NS(=O)(=O)c2ccc(NC(=O)c3ccc(OCC4CCCO4)cc3)cc2)c(C)c1. The van der Waals surface area contributed by atoms with Crippen LogP contribution in [0.1, 0.15) is 34.3 Å². The molecule has 1 aliphatic rings. The lowest BCUT2D eigenvalue weighted by atomic mass is 10.1. The van der Waals surface area contributed by atoms with E-state index in [9.17, 15) is 13.2 Å². The normalized spacial score (nSPS) is 15.6. The summed E-state index contributed by atoms with van der Waals surface area (Å²) >= 11 is 0. The van der Waals surface area contributed by atoms with Crippen molar-refractivity contribution in [1.29, 1.82) is 0 Å². The molecule has 34 heavy (non-hydrogen) atoms. The zero-order valence-corrected chi connectivity index (χ0v) is 20.0. The van der Waals surface area contributed by atoms with Gasteiger partial charge in [0.15, 0.2) is 0 Å². The van der Waals surface area contributed by atoms with Gasteiger partial charge in [-0.05, 0) is 86.8 Å². The number of anilines is 2. The smallest absolute Gasteiger partial charge is 0.261 e. The molecule has 1 aliphatic heterocycles. The van der Waals surface area contributed by atoms with Crippen LogP contribution in [-0.2, 0) is 14.8 Å². The van der Waals surface area contributed by atoms with Gasteiger partial charge in [0.05, 0.1) is 16.7 Å². The highest BCUT2D eigenvalue weighted by molar-refractivity contribution is 7.92. The average molecular weight is 481 g/mol. The minimum atomic E-state index is -3.75. The number of rotatable bonds is 8. The lowest BCUT2D eigenvalue weighted by Crippen LogP contribution is -2.16. The van der Waals surface area contributed by atoms with E-state index in [1.54, 1.807) is 42.5 Å². The first-order valence-corrected chi connectivity index (χ1v) is 12.6. The number of aryl methyl sites for hydroxylation is 2. The van der Waals surface area contributed by atoms with Crippen LogP contribution in [0.2, 0.25) is 0 Å². The molecule has 0 aromatic heterocycles. The Morgan fingerprint density at radius 3 is 2.41 bits per heavy atom. The van der Waals surface area contributed by atoms with Gasteiger partial charge in [-0.15, -0.1) is 0 Å². The molecule has 0 saturated carbocycles. The van der Waals surface area contributed by atoms with Gasteiger partial charge in [0, 0.05) is 17.9 Å². The van der Waals surface area contributed by atoms with E-state index in [1.807, 2.05) is 26.0 Å². The molecule has 4 rings (SSSR count). The Bertz CT molecular complexity index is 1250. The van der Waals surface area contributed by atoms with E-state index < -0.39 is 10.0 Å². The Labute approximate surface area is 200 Å². The van der Waals surface area contributed by atoms with Crippen molar-refractivity contribution >= 4 is 27.3 Å². The Morgan fingerprint density at radius 2 is 1.76 bits per heavy atom. The number of hydrogen-bond acceptors (Lipinski definition) is 5. The van der Waals surface area contributed by atoms with E-state index in [4.69, 9.17) is 9.47 Å². The van der Waals surface area contributed by atoms with Crippen LogP contribution in [0.3, 0.4) is 0 Å². The number of benzene rings is 3. The molecule has 1 heterocycles. The second-order valence-electron chi connectivity index (χ2n) is 8.37. The first-order valence-electron chi connectivity index (χ1n) is 11.2. The molecule has 1 saturated heterocycles. The van der Waals surface area contributed by atoms with E-state index in [1.165, 1.54) is 12.1 Å². The fraction of sp³-hybridized carbons (Fsp3) is 0.269. The monoisotopic (exact) mass is 480 g/mol. The van der Waals surface area contributed by atoms with Crippen LogP contribution in [0.25, 0.3) is 0 Å².